The molecule has 2 fully saturated rings. The number of β-amino-alcohol motifs (C(OH)–C–C–N with tert-alkyl or cyclic N) is 1. The van der Waals surface area contributed by atoms with Crippen molar-refractivity contribution in [1.29, 1.82) is 0 Å². The number of piperidine rings is 1. The third kappa shape index (κ3) is 6.64. The Morgan fingerprint density at radius 2 is 1.71 bits per heavy atom. The molecule has 6 nitrogen and oxygen atoms in total. The van der Waals surface area contributed by atoms with Gasteiger partial charge in [-0.1, -0.05) is 40.0 Å². The summed E-state index contributed by atoms with van der Waals surface area (Å²) in [5.41, 5.74) is 0. The molecule has 7 atom stereocenters. The summed E-state index contributed by atoms with van der Waals surface area (Å²) in [5, 5.41) is 39.1. The van der Waals surface area contributed by atoms with E-state index in [0.717, 1.165) is 38.2 Å². The minimum atomic E-state index is -1.18. The van der Waals surface area contributed by atoms with E-state index in [1.165, 1.54) is 19.3 Å². The Morgan fingerprint density at radius 1 is 1.00 bits per heavy atom. The predicted molar refractivity (Wildman–Crippen MR) is 110 cm³/mol. The van der Waals surface area contributed by atoms with Crippen LogP contribution in [-0.4, -0.2) is 82.1 Å². The topological polar surface area (TPSA) is 93.4 Å². The number of hydrogen-bond acceptors (Lipinski definition) is 6. The monoisotopic (exact) mass is 401 g/mol. The summed E-state index contributed by atoms with van der Waals surface area (Å²) >= 11 is 0. The van der Waals surface area contributed by atoms with Crippen LogP contribution in [0.25, 0.3) is 0 Å². The van der Waals surface area contributed by atoms with Gasteiger partial charge in [-0.15, -0.1) is 0 Å². The summed E-state index contributed by atoms with van der Waals surface area (Å²) in [6.07, 6.45) is 5.14. The largest absolute Gasteiger partial charge is 0.395 e. The fraction of sp³-hybridized carbons (Fsp3) is 1.00. The van der Waals surface area contributed by atoms with E-state index in [0.29, 0.717) is 31.0 Å². The van der Waals surface area contributed by atoms with Crippen LogP contribution in [-0.2, 0) is 4.74 Å². The minimum absolute atomic E-state index is 0.213. The Morgan fingerprint density at radius 3 is 2.39 bits per heavy atom. The number of likely N-dealkylation sites (tertiary alicyclic amines) is 1. The third-order valence-electron chi connectivity index (χ3n) is 6.85. The molecule has 0 unspecified atom stereocenters. The lowest BCUT2D eigenvalue weighted by Gasteiger charge is -2.43. The maximum atomic E-state index is 10.0. The maximum Gasteiger partial charge on any atom is 0.109 e. The summed E-state index contributed by atoms with van der Waals surface area (Å²) in [5.74, 6) is 2.15. The molecule has 28 heavy (non-hydrogen) atoms. The zero-order valence-corrected chi connectivity index (χ0v) is 18.0. The fourth-order valence-electron chi connectivity index (χ4n) is 4.95. The number of rotatable bonds is 10. The molecule has 2 rings (SSSR count). The molecule has 1 saturated carbocycles. The van der Waals surface area contributed by atoms with Gasteiger partial charge in [-0.05, 0) is 50.0 Å². The van der Waals surface area contributed by atoms with Crippen LogP contribution in [0.4, 0.5) is 0 Å². The zero-order valence-electron chi connectivity index (χ0n) is 18.0. The highest BCUT2D eigenvalue weighted by Gasteiger charge is 2.40. The lowest BCUT2D eigenvalue weighted by Crippen LogP contribution is -2.62. The molecular weight excluding hydrogens is 358 g/mol. The average Bonchev–Trinajstić information content (AvgIpc) is 2.65. The van der Waals surface area contributed by atoms with Crippen molar-refractivity contribution in [2.45, 2.75) is 96.2 Å². The fourth-order valence-corrected chi connectivity index (χ4v) is 4.95. The van der Waals surface area contributed by atoms with Gasteiger partial charge in [-0.3, -0.25) is 4.90 Å². The summed E-state index contributed by atoms with van der Waals surface area (Å²) < 4.78 is 6.26. The van der Waals surface area contributed by atoms with Crippen molar-refractivity contribution < 1.29 is 25.2 Å². The van der Waals surface area contributed by atoms with Crippen LogP contribution in [0.15, 0.2) is 0 Å². The van der Waals surface area contributed by atoms with Crippen molar-refractivity contribution >= 4 is 0 Å². The third-order valence-corrected chi connectivity index (χ3v) is 6.85. The van der Waals surface area contributed by atoms with Crippen molar-refractivity contribution in [2.75, 3.05) is 26.3 Å². The van der Waals surface area contributed by atoms with Crippen LogP contribution in [0, 0.1) is 17.8 Å². The van der Waals surface area contributed by atoms with E-state index in [9.17, 15) is 20.4 Å². The van der Waals surface area contributed by atoms with Crippen LogP contribution >= 0.6 is 0 Å². The van der Waals surface area contributed by atoms with Crippen molar-refractivity contribution in [2.24, 2.45) is 17.8 Å². The van der Waals surface area contributed by atoms with Crippen LogP contribution in [0.3, 0.4) is 0 Å². The molecule has 1 aliphatic heterocycles. The van der Waals surface area contributed by atoms with Crippen LogP contribution in [0.5, 0.6) is 0 Å². The Bertz CT molecular complexity index is 435. The predicted octanol–water partition coefficient (Wildman–Crippen LogP) is 1.78. The van der Waals surface area contributed by atoms with E-state index in [2.05, 4.69) is 20.8 Å². The molecule has 2 aliphatic rings. The molecule has 0 aromatic heterocycles. The number of aliphatic hydroxyl groups excluding tert-OH is 4. The van der Waals surface area contributed by atoms with Gasteiger partial charge in [0.2, 0.25) is 0 Å². The van der Waals surface area contributed by atoms with Gasteiger partial charge in [0.05, 0.1) is 24.9 Å². The highest BCUT2D eigenvalue weighted by Crippen LogP contribution is 2.35. The number of aliphatic hydroxyl groups is 4. The standard InChI is InChI=1S/C22H43NO5/c1-15(2)17-9-8-16(3)12-20(17)28-11-7-5-4-6-10-23-13-19(25)22(27)21(26)18(23)14-24/h15-22,24-27H,4-14H2,1-3H3/t16-,17+,18-,19+,20-,21-,22-/m1/s1. The van der Waals surface area contributed by atoms with Gasteiger partial charge in [0.15, 0.2) is 0 Å². The van der Waals surface area contributed by atoms with E-state index in [4.69, 9.17) is 4.74 Å². The normalized spacial score (nSPS) is 37.5. The van der Waals surface area contributed by atoms with Crippen molar-refractivity contribution in [3.05, 3.63) is 0 Å². The van der Waals surface area contributed by atoms with Crippen LogP contribution in [0.2, 0.25) is 0 Å². The molecule has 1 heterocycles. The molecule has 0 spiro atoms. The first-order valence-electron chi connectivity index (χ1n) is 11.4. The van der Waals surface area contributed by atoms with Gasteiger partial charge in [-0.25, -0.2) is 0 Å². The van der Waals surface area contributed by atoms with E-state index < -0.39 is 24.4 Å². The molecule has 0 aromatic carbocycles. The molecule has 0 amide bonds. The molecule has 4 N–H and O–H groups in total. The second-order valence-electron chi connectivity index (χ2n) is 9.44. The second-order valence-corrected chi connectivity index (χ2v) is 9.44. The lowest BCUT2D eigenvalue weighted by molar-refractivity contribution is -0.145. The van der Waals surface area contributed by atoms with E-state index in [1.54, 1.807) is 0 Å². The highest BCUT2D eigenvalue weighted by atomic mass is 16.5. The summed E-state index contributed by atoms with van der Waals surface area (Å²) in [6, 6.07) is -0.497. The highest BCUT2D eigenvalue weighted by molar-refractivity contribution is 4.94. The molecule has 0 aromatic rings. The first kappa shape index (κ1) is 24.0. The van der Waals surface area contributed by atoms with Crippen molar-refractivity contribution in [3.8, 4) is 0 Å². The summed E-state index contributed by atoms with van der Waals surface area (Å²) in [4.78, 5) is 1.90. The first-order chi connectivity index (χ1) is 13.3. The smallest absolute Gasteiger partial charge is 0.109 e. The Kier molecular flexibility index (Phi) is 10.1. The van der Waals surface area contributed by atoms with Crippen LogP contribution in [0.1, 0.15) is 65.7 Å². The molecule has 166 valence electrons. The molecular formula is C22H43NO5. The lowest BCUT2D eigenvalue weighted by atomic mass is 9.75. The van der Waals surface area contributed by atoms with E-state index in [1.807, 2.05) is 4.90 Å². The van der Waals surface area contributed by atoms with Crippen LogP contribution < -0.4 is 0 Å². The first-order valence-corrected chi connectivity index (χ1v) is 11.4. The Balaban J connectivity index is 1.61. The van der Waals surface area contributed by atoms with Crippen molar-refractivity contribution in [1.82, 2.24) is 4.90 Å². The van der Waals surface area contributed by atoms with E-state index in [-0.39, 0.29) is 6.61 Å². The number of nitrogens with zero attached hydrogens (tertiary/aromatic N) is 1. The molecule has 0 bridgehead atoms. The summed E-state index contributed by atoms with van der Waals surface area (Å²) in [7, 11) is 0. The molecule has 1 saturated heterocycles. The molecule has 6 heteroatoms. The minimum Gasteiger partial charge on any atom is -0.395 e. The quantitative estimate of drug-likeness (QED) is 0.417. The van der Waals surface area contributed by atoms with Gasteiger partial charge >= 0.3 is 0 Å². The Labute approximate surface area is 170 Å². The Hall–Kier alpha value is -0.240. The van der Waals surface area contributed by atoms with Gasteiger partial charge < -0.3 is 25.2 Å². The van der Waals surface area contributed by atoms with E-state index >= 15 is 0 Å². The number of ether oxygens (including phenoxy) is 1. The number of hydrogen-bond donors (Lipinski definition) is 4. The van der Waals surface area contributed by atoms with Gasteiger partial charge in [0.1, 0.15) is 12.2 Å². The number of unbranched alkanes of at least 4 members (excludes halogenated alkanes) is 3. The maximum absolute atomic E-state index is 10.0. The van der Waals surface area contributed by atoms with Gasteiger partial charge in [0, 0.05) is 13.2 Å². The average molecular weight is 402 g/mol. The zero-order chi connectivity index (χ0) is 20.7. The molecule has 1 aliphatic carbocycles. The second kappa shape index (κ2) is 11.8. The van der Waals surface area contributed by atoms with Crippen molar-refractivity contribution in [3.63, 3.8) is 0 Å². The molecule has 0 radical (unpaired) electrons. The summed E-state index contributed by atoms with van der Waals surface area (Å²) in [6.45, 7) is 8.57. The van der Waals surface area contributed by atoms with Gasteiger partial charge in [-0.2, -0.15) is 0 Å². The van der Waals surface area contributed by atoms with Gasteiger partial charge in [0.25, 0.3) is 0 Å². The SMILES string of the molecule is CC(C)[C@@H]1CC[C@@H](C)C[C@H]1OCCCCCCN1C[C@H](O)[C@@H](O)[C@H](O)[C@H]1CO.